The molecule has 0 aromatic carbocycles. The van der Waals surface area contributed by atoms with Crippen molar-refractivity contribution in [3.05, 3.63) is 27.9 Å². The van der Waals surface area contributed by atoms with Crippen molar-refractivity contribution in [2.45, 2.75) is 20.8 Å². The van der Waals surface area contributed by atoms with Crippen LogP contribution in [-0.2, 0) is 7.05 Å². The first-order valence-corrected chi connectivity index (χ1v) is 7.05. The Morgan fingerprint density at radius 2 is 2.15 bits per heavy atom. The molecule has 0 saturated carbocycles. The maximum absolute atomic E-state index is 12.3. The molecule has 0 spiro atoms. The van der Waals surface area contributed by atoms with E-state index < -0.39 is 0 Å². The van der Waals surface area contributed by atoms with Gasteiger partial charge in [-0.05, 0) is 26.8 Å². The van der Waals surface area contributed by atoms with E-state index in [1.54, 1.807) is 4.68 Å². The van der Waals surface area contributed by atoms with Gasteiger partial charge in [-0.2, -0.15) is 10.2 Å². The van der Waals surface area contributed by atoms with Crippen LogP contribution in [0.3, 0.4) is 0 Å². The molecule has 6 nitrogen and oxygen atoms in total. The number of hydrogen-bond donors (Lipinski definition) is 2. The van der Waals surface area contributed by atoms with Gasteiger partial charge in [-0.3, -0.25) is 14.6 Å². The maximum Gasteiger partial charge on any atom is 0.267 e. The fourth-order valence-corrected chi connectivity index (χ4v) is 3.11. The van der Waals surface area contributed by atoms with Gasteiger partial charge >= 0.3 is 0 Å². The van der Waals surface area contributed by atoms with Crippen LogP contribution in [0.25, 0.3) is 10.2 Å². The summed E-state index contributed by atoms with van der Waals surface area (Å²) in [6.07, 6.45) is 0. The zero-order chi connectivity index (χ0) is 14.4. The number of fused-ring (bicyclic) bond motifs is 1. The quantitative estimate of drug-likeness (QED) is 0.761. The average Bonchev–Trinajstić information content (AvgIpc) is 3.04. The lowest BCUT2D eigenvalue weighted by atomic mass is 10.2. The van der Waals surface area contributed by atoms with Crippen LogP contribution in [0.2, 0.25) is 0 Å². The van der Waals surface area contributed by atoms with Crippen LogP contribution in [0.15, 0.2) is 6.07 Å². The van der Waals surface area contributed by atoms with Crippen LogP contribution in [0.1, 0.15) is 26.6 Å². The number of H-pyrrole nitrogens is 1. The highest BCUT2D eigenvalue weighted by molar-refractivity contribution is 7.20. The van der Waals surface area contributed by atoms with Gasteiger partial charge < -0.3 is 5.32 Å². The number of nitrogens with one attached hydrogen (secondary N) is 2. The summed E-state index contributed by atoms with van der Waals surface area (Å²) in [5.41, 5.74) is 2.85. The Balaban J connectivity index is 1.93. The Hall–Kier alpha value is -2.15. The van der Waals surface area contributed by atoms with Crippen molar-refractivity contribution in [2.24, 2.45) is 7.05 Å². The highest BCUT2D eigenvalue weighted by Crippen LogP contribution is 2.28. The molecule has 0 atom stereocenters. The summed E-state index contributed by atoms with van der Waals surface area (Å²) in [4.78, 5) is 13.9. The lowest BCUT2D eigenvalue weighted by molar-refractivity contribution is 0.103. The highest BCUT2D eigenvalue weighted by Gasteiger charge is 2.17. The Kier molecular flexibility index (Phi) is 2.86. The van der Waals surface area contributed by atoms with Crippen molar-refractivity contribution < 1.29 is 4.79 Å². The van der Waals surface area contributed by atoms with Gasteiger partial charge in [0.1, 0.15) is 4.83 Å². The average molecular weight is 289 g/mol. The molecule has 3 heterocycles. The number of aromatic amines is 1. The van der Waals surface area contributed by atoms with Gasteiger partial charge in [-0.1, -0.05) is 0 Å². The Bertz CT molecular complexity index is 776. The van der Waals surface area contributed by atoms with Crippen LogP contribution in [-0.4, -0.2) is 25.9 Å². The van der Waals surface area contributed by atoms with Crippen LogP contribution >= 0.6 is 11.3 Å². The smallest absolute Gasteiger partial charge is 0.267 e. The van der Waals surface area contributed by atoms with E-state index in [0.717, 1.165) is 27.2 Å². The molecule has 104 valence electrons. The molecule has 0 aliphatic carbocycles. The fraction of sp³-hybridized carbons (Fsp3) is 0.308. The van der Waals surface area contributed by atoms with Crippen molar-refractivity contribution in [1.82, 2.24) is 20.0 Å². The number of aryl methyl sites for hydroxylation is 3. The van der Waals surface area contributed by atoms with Gasteiger partial charge in [-0.15, -0.1) is 11.3 Å². The topological polar surface area (TPSA) is 75.6 Å². The maximum atomic E-state index is 12.3. The Labute approximate surface area is 119 Å². The van der Waals surface area contributed by atoms with Crippen molar-refractivity contribution in [1.29, 1.82) is 0 Å². The number of hydrogen-bond acceptors (Lipinski definition) is 4. The summed E-state index contributed by atoms with van der Waals surface area (Å²) >= 11 is 1.44. The minimum absolute atomic E-state index is 0.139. The summed E-state index contributed by atoms with van der Waals surface area (Å²) in [5.74, 6) is 0.444. The molecule has 0 saturated heterocycles. The molecule has 0 aliphatic heterocycles. The van der Waals surface area contributed by atoms with Crippen molar-refractivity contribution in [3.8, 4) is 0 Å². The minimum atomic E-state index is -0.139. The normalized spacial score (nSPS) is 11.2. The first-order chi connectivity index (χ1) is 9.47. The number of nitrogens with zero attached hydrogens (tertiary/aromatic N) is 3. The third-order valence-corrected chi connectivity index (χ3v) is 4.61. The summed E-state index contributed by atoms with van der Waals surface area (Å²) < 4.78 is 1.80. The van der Waals surface area contributed by atoms with Crippen molar-refractivity contribution in [2.75, 3.05) is 5.32 Å². The third-order valence-electron chi connectivity index (χ3n) is 3.41. The number of carbonyl (C=O) groups excluding carboxylic acids is 1. The summed E-state index contributed by atoms with van der Waals surface area (Å²) in [6, 6.07) is 1.88. The molecule has 0 unspecified atom stereocenters. The monoisotopic (exact) mass is 289 g/mol. The largest absolute Gasteiger partial charge is 0.304 e. The van der Waals surface area contributed by atoms with Gasteiger partial charge in [0.2, 0.25) is 0 Å². The first kappa shape index (κ1) is 12.9. The second-order valence-corrected chi connectivity index (χ2v) is 5.85. The molecule has 0 bridgehead atoms. The minimum Gasteiger partial charge on any atom is -0.304 e. The molecule has 2 N–H and O–H groups in total. The number of amides is 1. The predicted molar refractivity (Wildman–Crippen MR) is 79.3 cm³/mol. The van der Waals surface area contributed by atoms with E-state index >= 15 is 0 Å². The lowest BCUT2D eigenvalue weighted by Crippen LogP contribution is -2.11. The molecule has 3 aromatic heterocycles. The zero-order valence-electron chi connectivity index (χ0n) is 11.7. The van der Waals surface area contributed by atoms with Gasteiger partial charge in [-0.25, -0.2) is 0 Å². The van der Waals surface area contributed by atoms with Gasteiger partial charge in [0.15, 0.2) is 5.82 Å². The van der Waals surface area contributed by atoms with Crippen LogP contribution < -0.4 is 5.32 Å². The van der Waals surface area contributed by atoms with E-state index in [2.05, 4.69) is 20.6 Å². The summed E-state index contributed by atoms with van der Waals surface area (Å²) in [7, 11) is 1.88. The second-order valence-electron chi connectivity index (χ2n) is 4.81. The van der Waals surface area contributed by atoms with E-state index in [4.69, 9.17) is 0 Å². The molecular formula is C13H15N5OS. The van der Waals surface area contributed by atoms with Crippen LogP contribution in [0.5, 0.6) is 0 Å². The van der Waals surface area contributed by atoms with E-state index in [9.17, 15) is 4.79 Å². The summed E-state index contributed by atoms with van der Waals surface area (Å²) in [5, 5.41) is 15.1. The number of anilines is 1. The fourth-order valence-electron chi connectivity index (χ4n) is 2.09. The lowest BCUT2D eigenvalue weighted by Gasteiger charge is -2.00. The Morgan fingerprint density at radius 3 is 2.75 bits per heavy atom. The predicted octanol–water partition coefficient (Wildman–Crippen LogP) is 2.54. The molecule has 3 aromatic rings. The molecule has 0 fully saturated rings. The second kappa shape index (κ2) is 4.45. The van der Waals surface area contributed by atoms with E-state index in [1.165, 1.54) is 11.3 Å². The first-order valence-electron chi connectivity index (χ1n) is 6.23. The van der Waals surface area contributed by atoms with Crippen LogP contribution in [0.4, 0.5) is 5.82 Å². The van der Waals surface area contributed by atoms with Crippen LogP contribution in [0, 0.1) is 20.8 Å². The molecule has 3 rings (SSSR count). The standard InChI is InChI=1S/C13H15N5OS/c1-6-7(2)15-16-11(6)14-12(19)10-5-9-8(3)17-18(4)13(9)20-10/h5H,1-4H3,(H2,14,15,16,19). The summed E-state index contributed by atoms with van der Waals surface area (Å²) in [6.45, 7) is 5.79. The van der Waals surface area contributed by atoms with Gasteiger partial charge in [0, 0.05) is 23.7 Å². The number of carbonyl (C=O) groups is 1. The van der Waals surface area contributed by atoms with Crippen molar-refractivity contribution in [3.63, 3.8) is 0 Å². The molecule has 0 aliphatic rings. The molecule has 0 radical (unpaired) electrons. The van der Waals surface area contributed by atoms with Gasteiger partial charge in [0.05, 0.1) is 10.6 Å². The molecule has 7 heteroatoms. The number of rotatable bonds is 2. The van der Waals surface area contributed by atoms with E-state index in [1.807, 2.05) is 33.9 Å². The molecule has 1 amide bonds. The zero-order valence-corrected chi connectivity index (χ0v) is 12.6. The highest BCUT2D eigenvalue weighted by atomic mass is 32.1. The number of aromatic nitrogens is 4. The SMILES string of the molecule is Cc1[nH]nc(NC(=O)c2cc3c(C)nn(C)c3s2)c1C. The van der Waals surface area contributed by atoms with E-state index in [0.29, 0.717) is 10.7 Å². The van der Waals surface area contributed by atoms with Gasteiger partial charge in [0.25, 0.3) is 5.91 Å². The van der Waals surface area contributed by atoms with E-state index in [-0.39, 0.29) is 5.91 Å². The molecule has 20 heavy (non-hydrogen) atoms. The van der Waals surface area contributed by atoms with Crippen molar-refractivity contribution >= 4 is 33.3 Å². The Morgan fingerprint density at radius 1 is 1.40 bits per heavy atom. The number of thiophene rings is 1. The molecular weight excluding hydrogens is 274 g/mol. The third kappa shape index (κ3) is 1.90.